The lowest BCUT2D eigenvalue weighted by Gasteiger charge is -2.13. The van der Waals surface area contributed by atoms with Gasteiger partial charge in [0.05, 0.1) is 23.3 Å². The fourth-order valence-electron chi connectivity index (χ4n) is 3.98. The second-order valence-electron chi connectivity index (χ2n) is 9.88. The van der Waals surface area contributed by atoms with Crippen LogP contribution in [-0.4, -0.2) is 71.7 Å². The number of ether oxygens (including phenoxy) is 2. The molecule has 2 aromatic rings. The van der Waals surface area contributed by atoms with Crippen molar-refractivity contribution in [2.75, 3.05) is 25.7 Å². The number of thioether (sulfide) groups is 2. The van der Waals surface area contributed by atoms with E-state index in [-0.39, 0.29) is 23.8 Å². The monoisotopic (exact) mass is 620 g/mol. The molecule has 2 aromatic carbocycles. The molecule has 0 spiro atoms. The topological polar surface area (TPSA) is 127 Å². The van der Waals surface area contributed by atoms with Crippen molar-refractivity contribution in [3.63, 3.8) is 0 Å². The Morgan fingerprint density at radius 1 is 0.619 bits per heavy atom. The number of Topliss-reactive ketones (excluding diaryl/α,β-unsaturated/α-hetero) is 2. The lowest BCUT2D eigenvalue weighted by atomic mass is 10.1. The highest BCUT2D eigenvalue weighted by Crippen LogP contribution is 2.22. The zero-order valence-corrected chi connectivity index (χ0v) is 26.6. The Kier molecular flexibility index (Phi) is 19.5. The van der Waals surface area contributed by atoms with E-state index in [2.05, 4.69) is 0 Å². The molecule has 0 fully saturated rings. The van der Waals surface area contributed by atoms with Gasteiger partial charge < -0.3 is 19.7 Å². The van der Waals surface area contributed by atoms with Crippen LogP contribution in [0.4, 0.5) is 0 Å². The van der Waals surface area contributed by atoms with Crippen molar-refractivity contribution in [1.29, 1.82) is 0 Å². The van der Waals surface area contributed by atoms with Gasteiger partial charge in [-0.25, -0.2) is 9.59 Å². The molecule has 0 aliphatic rings. The highest BCUT2D eigenvalue weighted by atomic mass is 32.2. The lowest BCUT2D eigenvalue weighted by Crippen LogP contribution is -2.14. The van der Waals surface area contributed by atoms with Gasteiger partial charge in [0, 0.05) is 36.9 Å². The summed E-state index contributed by atoms with van der Waals surface area (Å²) in [4.78, 5) is 45.7. The minimum Gasteiger partial charge on any atom is -0.478 e. The molecule has 0 aliphatic heterocycles. The van der Waals surface area contributed by atoms with E-state index in [1.807, 2.05) is 24.3 Å². The fraction of sp³-hybridized carbons (Fsp3) is 0.500. The van der Waals surface area contributed by atoms with Gasteiger partial charge in [-0.2, -0.15) is 0 Å². The minimum absolute atomic E-state index is 0.00230. The Morgan fingerprint density at radius 2 is 1.00 bits per heavy atom. The fourth-order valence-corrected chi connectivity index (χ4v) is 5.77. The van der Waals surface area contributed by atoms with Crippen molar-refractivity contribution in [1.82, 2.24) is 0 Å². The molecule has 2 atom stereocenters. The molecule has 232 valence electrons. The summed E-state index contributed by atoms with van der Waals surface area (Å²) in [6.07, 6.45) is 7.03. The van der Waals surface area contributed by atoms with E-state index in [1.54, 1.807) is 75.9 Å². The molecule has 10 heteroatoms. The summed E-state index contributed by atoms with van der Waals surface area (Å²) in [5.41, 5.74) is 0.621. The summed E-state index contributed by atoms with van der Waals surface area (Å²) in [7, 11) is 3.29. The largest absolute Gasteiger partial charge is 0.478 e. The van der Waals surface area contributed by atoms with Gasteiger partial charge >= 0.3 is 11.9 Å². The number of carbonyl (C=O) groups is 4. The van der Waals surface area contributed by atoms with Gasteiger partial charge in [0.25, 0.3) is 0 Å². The summed E-state index contributed by atoms with van der Waals surface area (Å²) in [6.45, 7) is 3.17. The number of unbranched alkanes of at least 4 members (excludes halogenated alkanes) is 2. The van der Waals surface area contributed by atoms with E-state index < -0.39 is 11.9 Å². The lowest BCUT2D eigenvalue weighted by molar-refractivity contribution is -0.120. The molecule has 0 aromatic heterocycles. The normalized spacial score (nSPS) is 12.1. The maximum atomic E-state index is 11.1. The first kappa shape index (κ1) is 37.4. The number of carboxylic acids is 2. The zero-order chi connectivity index (χ0) is 31.3. The summed E-state index contributed by atoms with van der Waals surface area (Å²) < 4.78 is 10.6. The van der Waals surface area contributed by atoms with E-state index in [1.165, 1.54) is 0 Å². The quantitative estimate of drug-likeness (QED) is 0.115. The van der Waals surface area contributed by atoms with E-state index in [4.69, 9.17) is 19.7 Å². The summed E-state index contributed by atoms with van der Waals surface area (Å²) in [5, 5.41) is 17.6. The van der Waals surface area contributed by atoms with Gasteiger partial charge in [-0.1, -0.05) is 12.8 Å². The van der Waals surface area contributed by atoms with Crippen LogP contribution in [0.3, 0.4) is 0 Å². The molecule has 2 unspecified atom stereocenters. The number of carbonyl (C=O) groups excluding carboxylic acids is 2. The SMILES string of the molecule is COC(CCCCCSc1ccc(C(=O)O)cc1)CC(C)=O.COC(CCCSc1ccc(C(=O)O)cc1)CC(C)=O. The first-order chi connectivity index (χ1) is 20.0. The van der Waals surface area contributed by atoms with Crippen LogP contribution in [0, 0.1) is 0 Å². The Morgan fingerprint density at radius 3 is 1.36 bits per heavy atom. The van der Waals surface area contributed by atoms with Gasteiger partial charge in [0.1, 0.15) is 11.6 Å². The maximum absolute atomic E-state index is 11.1. The smallest absolute Gasteiger partial charge is 0.335 e. The molecule has 2 N–H and O–H groups in total. The number of hydrogen-bond acceptors (Lipinski definition) is 8. The number of rotatable bonds is 20. The number of methoxy groups -OCH3 is 2. The van der Waals surface area contributed by atoms with Gasteiger partial charge in [-0.05, 0) is 99.6 Å². The zero-order valence-electron chi connectivity index (χ0n) is 25.0. The third kappa shape index (κ3) is 17.3. The van der Waals surface area contributed by atoms with Crippen molar-refractivity contribution < 1.29 is 38.9 Å². The van der Waals surface area contributed by atoms with Crippen molar-refractivity contribution >= 4 is 47.0 Å². The number of ketones is 2. The summed E-state index contributed by atoms with van der Waals surface area (Å²) >= 11 is 3.42. The van der Waals surface area contributed by atoms with Gasteiger partial charge in [0.15, 0.2) is 0 Å². The second kappa shape index (κ2) is 22.0. The molecule has 2 rings (SSSR count). The Hall–Kier alpha value is -2.66. The first-order valence-corrected chi connectivity index (χ1v) is 16.0. The summed E-state index contributed by atoms with van der Waals surface area (Å²) in [5.74, 6) is 0.450. The van der Waals surface area contributed by atoms with Crippen molar-refractivity contribution in [2.45, 2.75) is 87.2 Å². The van der Waals surface area contributed by atoms with Crippen LogP contribution in [0.25, 0.3) is 0 Å². The predicted octanol–water partition coefficient (Wildman–Crippen LogP) is 7.28. The number of carboxylic acid groups (broad SMARTS) is 2. The second-order valence-corrected chi connectivity index (χ2v) is 12.2. The molecule has 0 heterocycles. The Labute approximate surface area is 258 Å². The van der Waals surface area contributed by atoms with Gasteiger partial charge in [-0.3, -0.25) is 9.59 Å². The molecule has 8 nitrogen and oxygen atoms in total. The Bertz CT molecular complexity index is 1090. The van der Waals surface area contributed by atoms with Crippen LogP contribution in [-0.2, 0) is 19.1 Å². The maximum Gasteiger partial charge on any atom is 0.335 e. The third-order valence-corrected chi connectivity index (χ3v) is 8.47. The molecular weight excluding hydrogens is 576 g/mol. The molecule has 0 saturated heterocycles. The molecule has 0 aliphatic carbocycles. The van der Waals surface area contributed by atoms with E-state index in [0.29, 0.717) is 24.0 Å². The number of aromatic carboxylic acids is 2. The van der Waals surface area contributed by atoms with Crippen LogP contribution in [0.5, 0.6) is 0 Å². The highest BCUT2D eigenvalue weighted by Gasteiger charge is 2.11. The number of hydrogen-bond donors (Lipinski definition) is 2. The third-order valence-electron chi connectivity index (χ3n) is 6.28. The number of benzene rings is 2. The van der Waals surface area contributed by atoms with E-state index in [9.17, 15) is 19.2 Å². The highest BCUT2D eigenvalue weighted by molar-refractivity contribution is 7.99. The van der Waals surface area contributed by atoms with E-state index in [0.717, 1.165) is 59.8 Å². The first-order valence-electron chi connectivity index (χ1n) is 14.0. The summed E-state index contributed by atoms with van der Waals surface area (Å²) in [6, 6.07) is 13.8. The van der Waals surface area contributed by atoms with Crippen molar-refractivity contribution in [3.8, 4) is 0 Å². The molecule has 0 saturated carbocycles. The predicted molar refractivity (Wildman–Crippen MR) is 168 cm³/mol. The van der Waals surface area contributed by atoms with Crippen LogP contribution in [0.1, 0.15) is 85.9 Å². The standard InChI is InChI=1S/C17H24O4S.C15H20O4S/c1-13(18)12-15(21-2)6-4-3-5-11-22-16-9-7-14(8-10-16)17(19)20;1-11(16)10-13(19-2)4-3-9-20-14-7-5-12(6-8-14)15(17)18/h7-10,15H,3-6,11-12H2,1-2H3,(H,19,20);5-8,13H,3-4,9-10H2,1-2H3,(H,17,18). The van der Waals surface area contributed by atoms with Crippen LogP contribution >= 0.6 is 23.5 Å². The minimum atomic E-state index is -0.909. The van der Waals surface area contributed by atoms with Gasteiger partial charge in [0.2, 0.25) is 0 Å². The average Bonchev–Trinajstić information content (AvgIpc) is 2.96. The van der Waals surface area contributed by atoms with Crippen LogP contribution < -0.4 is 0 Å². The average molecular weight is 621 g/mol. The van der Waals surface area contributed by atoms with Gasteiger partial charge in [-0.15, -0.1) is 23.5 Å². The molecule has 0 radical (unpaired) electrons. The molecule has 0 bridgehead atoms. The van der Waals surface area contributed by atoms with Crippen molar-refractivity contribution in [2.24, 2.45) is 0 Å². The van der Waals surface area contributed by atoms with Crippen LogP contribution in [0.15, 0.2) is 58.3 Å². The molecular formula is C32H44O8S2. The van der Waals surface area contributed by atoms with Crippen LogP contribution in [0.2, 0.25) is 0 Å². The van der Waals surface area contributed by atoms with E-state index >= 15 is 0 Å². The Balaban J connectivity index is 0.000000422. The molecule has 0 amide bonds. The molecule has 42 heavy (non-hydrogen) atoms. The van der Waals surface area contributed by atoms with Crippen molar-refractivity contribution in [3.05, 3.63) is 59.7 Å².